The third-order valence-corrected chi connectivity index (χ3v) is 3.44. The Kier molecular flexibility index (Phi) is 4.61. The largest absolute Gasteiger partial charge is 0.443 e. The van der Waals surface area contributed by atoms with Gasteiger partial charge in [0.1, 0.15) is 5.60 Å². The molecule has 0 saturated heterocycles. The van der Waals surface area contributed by atoms with Crippen molar-refractivity contribution in [3.63, 3.8) is 0 Å². The quantitative estimate of drug-likeness (QED) is 0.720. The zero-order valence-corrected chi connectivity index (χ0v) is 14.0. The minimum absolute atomic E-state index is 0.179. The highest BCUT2D eigenvalue weighted by molar-refractivity contribution is 5.87. The van der Waals surface area contributed by atoms with Gasteiger partial charge in [-0.25, -0.2) is 14.0 Å². The molecule has 5 nitrogen and oxygen atoms in total. The van der Waals surface area contributed by atoms with Crippen LogP contribution in [0.25, 0.3) is 11.0 Å². The van der Waals surface area contributed by atoms with Crippen LogP contribution in [0.1, 0.15) is 26.3 Å². The number of carbonyl (C=O) groups is 1. The van der Waals surface area contributed by atoms with E-state index in [0.717, 1.165) is 0 Å². The first-order valence-corrected chi connectivity index (χ1v) is 7.30. The fourth-order valence-electron chi connectivity index (χ4n) is 2.30. The van der Waals surface area contributed by atoms with E-state index in [1.165, 1.54) is 20.8 Å². The molecule has 0 saturated carbocycles. The Morgan fingerprint density at radius 1 is 1.00 bits per heavy atom. The van der Waals surface area contributed by atoms with E-state index in [2.05, 4.69) is 0 Å². The number of nitrogens with zero attached hydrogens (tertiary/aromatic N) is 1. The van der Waals surface area contributed by atoms with Crippen molar-refractivity contribution >= 4 is 17.1 Å². The molecule has 0 spiro atoms. The minimum atomic E-state index is -6.30. The highest BCUT2D eigenvalue weighted by atomic mass is 19.4. The van der Waals surface area contributed by atoms with Crippen molar-refractivity contribution in [2.24, 2.45) is 0 Å². The lowest BCUT2D eigenvalue weighted by Crippen LogP contribution is -2.50. The van der Waals surface area contributed by atoms with E-state index >= 15 is 0 Å². The summed E-state index contributed by atoms with van der Waals surface area (Å²) in [5.74, 6) is 0. The average molecular weight is 402 g/mol. The summed E-state index contributed by atoms with van der Waals surface area (Å²) in [4.78, 5) is 25.8. The summed E-state index contributed by atoms with van der Waals surface area (Å²) >= 11 is 0. The van der Waals surface area contributed by atoms with Crippen molar-refractivity contribution in [1.82, 2.24) is 9.55 Å². The average Bonchev–Trinajstić information content (AvgIpc) is 2.76. The van der Waals surface area contributed by atoms with Crippen molar-refractivity contribution in [2.45, 2.75) is 44.4 Å². The Bertz CT molecular complexity index is 918. The zero-order valence-electron chi connectivity index (χ0n) is 14.0. The lowest BCUT2D eigenvalue weighted by atomic mass is 9.94. The van der Waals surface area contributed by atoms with Crippen LogP contribution in [0.4, 0.5) is 35.5 Å². The molecule has 1 aromatic carbocycles. The molecule has 0 radical (unpaired) electrons. The van der Waals surface area contributed by atoms with Crippen LogP contribution in [0.2, 0.25) is 0 Å². The molecule has 0 atom stereocenters. The van der Waals surface area contributed by atoms with Gasteiger partial charge >= 0.3 is 29.8 Å². The van der Waals surface area contributed by atoms with Gasteiger partial charge in [0.15, 0.2) is 0 Å². The molecule has 1 aromatic heterocycles. The van der Waals surface area contributed by atoms with Crippen molar-refractivity contribution in [1.29, 1.82) is 0 Å². The van der Waals surface area contributed by atoms with E-state index < -0.39 is 46.5 Å². The smallest absolute Gasteiger partial charge is 0.435 e. The topological polar surface area (TPSA) is 64.1 Å². The molecule has 12 heteroatoms. The second kappa shape index (κ2) is 5.99. The van der Waals surface area contributed by atoms with Gasteiger partial charge < -0.3 is 9.72 Å². The van der Waals surface area contributed by atoms with E-state index in [1.807, 2.05) is 4.98 Å². The van der Waals surface area contributed by atoms with E-state index in [-0.39, 0.29) is 17.6 Å². The van der Waals surface area contributed by atoms with Crippen molar-refractivity contribution in [2.75, 3.05) is 0 Å². The monoisotopic (exact) mass is 402 g/mol. The molecule has 0 aliphatic heterocycles. The lowest BCUT2D eigenvalue weighted by Gasteiger charge is -2.30. The van der Waals surface area contributed by atoms with Gasteiger partial charge in [0.2, 0.25) is 0 Å². The number of halogens is 7. The number of imidazole rings is 1. The predicted molar refractivity (Wildman–Crippen MR) is 79.1 cm³/mol. The van der Waals surface area contributed by atoms with Gasteiger partial charge in [-0.1, -0.05) is 6.07 Å². The molecule has 150 valence electrons. The Hall–Kier alpha value is -2.53. The molecule has 0 aliphatic carbocycles. The fourth-order valence-corrected chi connectivity index (χ4v) is 2.30. The summed E-state index contributed by atoms with van der Waals surface area (Å²) < 4.78 is 96.5. The van der Waals surface area contributed by atoms with Gasteiger partial charge in [-0.05, 0) is 32.9 Å². The second-order valence-electron chi connectivity index (χ2n) is 6.63. The Labute approximate surface area is 146 Å². The molecule has 1 heterocycles. The van der Waals surface area contributed by atoms with Gasteiger partial charge in [-0.15, -0.1) is 0 Å². The minimum Gasteiger partial charge on any atom is -0.443 e. The van der Waals surface area contributed by atoms with Crippen molar-refractivity contribution < 1.29 is 40.3 Å². The third kappa shape index (κ3) is 3.52. The Morgan fingerprint density at radius 3 is 1.96 bits per heavy atom. The van der Waals surface area contributed by atoms with Gasteiger partial charge in [-0.3, -0.25) is 0 Å². The molecular weight excluding hydrogens is 389 g/mol. The SMILES string of the molecule is CC(C)(C)OC(=O)n1c(=O)[nH]c2cc(C(F)(C(F)(F)F)C(F)(F)F)ccc21. The number of nitrogens with one attached hydrogen (secondary N) is 1. The number of hydrogen-bond donors (Lipinski definition) is 1. The lowest BCUT2D eigenvalue weighted by molar-refractivity contribution is -0.348. The molecule has 27 heavy (non-hydrogen) atoms. The maximum absolute atomic E-state index is 14.1. The van der Waals surface area contributed by atoms with E-state index in [4.69, 9.17) is 4.74 Å². The number of rotatable bonds is 1. The van der Waals surface area contributed by atoms with Gasteiger partial charge in [0.25, 0.3) is 0 Å². The number of hydrogen-bond acceptors (Lipinski definition) is 3. The molecular formula is C15H13F7N2O3. The van der Waals surface area contributed by atoms with Gasteiger partial charge in [0.05, 0.1) is 11.0 Å². The number of aromatic nitrogens is 2. The highest BCUT2D eigenvalue weighted by Gasteiger charge is 2.73. The van der Waals surface area contributed by atoms with Crippen LogP contribution in [0, 0.1) is 0 Å². The number of carbonyl (C=O) groups excluding carboxylic acids is 1. The number of aromatic amines is 1. The van der Waals surface area contributed by atoms with Crippen LogP contribution < -0.4 is 5.69 Å². The number of alkyl halides is 7. The summed E-state index contributed by atoms with van der Waals surface area (Å²) in [5.41, 5.74) is -10.6. The molecule has 2 aromatic rings. The molecule has 0 fully saturated rings. The van der Waals surface area contributed by atoms with Crippen LogP contribution in [-0.4, -0.2) is 33.6 Å². The van der Waals surface area contributed by atoms with Gasteiger partial charge in [-0.2, -0.15) is 30.9 Å². The maximum atomic E-state index is 14.1. The Morgan fingerprint density at radius 2 is 1.52 bits per heavy atom. The maximum Gasteiger partial charge on any atom is 0.435 e. The summed E-state index contributed by atoms with van der Waals surface area (Å²) in [6, 6.07) is 0.980. The third-order valence-electron chi connectivity index (χ3n) is 3.44. The van der Waals surface area contributed by atoms with Crippen molar-refractivity contribution in [3.8, 4) is 0 Å². The first-order chi connectivity index (χ1) is 12.0. The normalized spacial score (nSPS) is 13.9. The highest BCUT2D eigenvalue weighted by Crippen LogP contribution is 2.53. The summed E-state index contributed by atoms with van der Waals surface area (Å²) in [6.07, 6.45) is -13.8. The van der Waals surface area contributed by atoms with Crippen molar-refractivity contribution in [3.05, 3.63) is 34.2 Å². The molecule has 0 amide bonds. The standard InChI is InChI=1S/C15H13F7N2O3/c1-12(2,3)27-11(26)24-9-5-4-7(6-8(9)23-10(24)25)13(16,14(17,18)19)15(20,21)22/h4-6H,1-3H3,(H,23,25). The van der Waals surface area contributed by atoms with E-state index in [1.54, 1.807) is 0 Å². The van der Waals surface area contributed by atoms with E-state index in [0.29, 0.717) is 10.6 Å². The van der Waals surface area contributed by atoms with Crippen LogP contribution in [0.5, 0.6) is 0 Å². The van der Waals surface area contributed by atoms with Gasteiger partial charge in [0, 0.05) is 5.56 Å². The summed E-state index contributed by atoms with van der Waals surface area (Å²) in [7, 11) is 0. The van der Waals surface area contributed by atoms with Crippen LogP contribution in [0.15, 0.2) is 23.0 Å². The molecule has 2 rings (SSSR count). The summed E-state index contributed by atoms with van der Waals surface area (Å²) in [6.45, 7) is 4.44. The predicted octanol–water partition coefficient (Wildman–Crippen LogP) is 4.40. The summed E-state index contributed by atoms with van der Waals surface area (Å²) in [5, 5.41) is 0. The fraction of sp³-hybridized carbons (Fsp3) is 0.467. The first-order valence-electron chi connectivity index (χ1n) is 7.30. The van der Waals surface area contributed by atoms with Crippen LogP contribution in [-0.2, 0) is 10.4 Å². The Balaban J connectivity index is 2.67. The second-order valence-corrected chi connectivity index (χ2v) is 6.63. The molecule has 0 aliphatic rings. The van der Waals surface area contributed by atoms with Crippen LogP contribution >= 0.6 is 0 Å². The van der Waals surface area contributed by atoms with Crippen LogP contribution in [0.3, 0.4) is 0 Å². The molecule has 0 bridgehead atoms. The number of ether oxygens (including phenoxy) is 1. The number of H-pyrrole nitrogens is 1. The number of benzene rings is 1. The molecule has 1 N–H and O–H groups in total. The number of fused-ring (bicyclic) bond motifs is 1. The zero-order chi connectivity index (χ0) is 21.0. The first kappa shape index (κ1) is 20.8. The molecule has 0 unspecified atom stereocenters. The van der Waals surface area contributed by atoms with E-state index in [9.17, 15) is 40.3 Å².